The lowest BCUT2D eigenvalue weighted by atomic mass is 9.92. The van der Waals surface area contributed by atoms with Crippen LogP contribution >= 0.6 is 0 Å². The SMILES string of the molecule is CC(C)(C)c1cc(NC(=O)c2cc(N3CCCC3=O)ccc2F)n[nH]1. The summed E-state index contributed by atoms with van der Waals surface area (Å²) in [6.45, 7) is 6.63. The highest BCUT2D eigenvalue weighted by Crippen LogP contribution is 2.25. The second-order valence-electron chi connectivity index (χ2n) is 7.18. The zero-order valence-electron chi connectivity index (χ0n) is 14.5. The number of hydrogen-bond acceptors (Lipinski definition) is 3. The fraction of sp³-hybridized carbons (Fsp3) is 0.389. The number of carbonyl (C=O) groups is 2. The molecule has 1 fully saturated rings. The van der Waals surface area contributed by atoms with E-state index in [9.17, 15) is 14.0 Å². The van der Waals surface area contributed by atoms with Gasteiger partial charge < -0.3 is 10.2 Å². The van der Waals surface area contributed by atoms with Crippen LogP contribution in [-0.4, -0.2) is 28.6 Å². The molecule has 7 heteroatoms. The van der Waals surface area contributed by atoms with Crippen LogP contribution in [0.2, 0.25) is 0 Å². The van der Waals surface area contributed by atoms with Crippen molar-refractivity contribution in [3.63, 3.8) is 0 Å². The predicted molar refractivity (Wildman–Crippen MR) is 93.2 cm³/mol. The zero-order chi connectivity index (χ0) is 18.2. The predicted octanol–water partition coefficient (Wildman–Crippen LogP) is 3.23. The lowest BCUT2D eigenvalue weighted by Crippen LogP contribution is -2.24. The van der Waals surface area contributed by atoms with Gasteiger partial charge >= 0.3 is 0 Å². The zero-order valence-corrected chi connectivity index (χ0v) is 14.5. The van der Waals surface area contributed by atoms with E-state index in [2.05, 4.69) is 15.5 Å². The third-order valence-corrected chi connectivity index (χ3v) is 4.21. The summed E-state index contributed by atoms with van der Waals surface area (Å²) in [6.07, 6.45) is 1.24. The van der Waals surface area contributed by atoms with E-state index in [1.807, 2.05) is 20.8 Å². The van der Waals surface area contributed by atoms with Crippen LogP contribution in [0.4, 0.5) is 15.9 Å². The van der Waals surface area contributed by atoms with Crippen molar-refractivity contribution in [3.05, 3.63) is 41.3 Å². The van der Waals surface area contributed by atoms with Crippen molar-refractivity contribution in [2.45, 2.75) is 39.0 Å². The van der Waals surface area contributed by atoms with Gasteiger partial charge in [-0.1, -0.05) is 20.8 Å². The van der Waals surface area contributed by atoms with Crippen molar-refractivity contribution in [2.24, 2.45) is 0 Å². The smallest absolute Gasteiger partial charge is 0.259 e. The number of benzene rings is 1. The Hall–Kier alpha value is -2.70. The minimum Gasteiger partial charge on any atom is -0.312 e. The maximum Gasteiger partial charge on any atom is 0.259 e. The molecule has 0 aliphatic carbocycles. The number of nitrogens with one attached hydrogen (secondary N) is 2. The van der Waals surface area contributed by atoms with E-state index in [1.54, 1.807) is 11.0 Å². The molecule has 0 spiro atoms. The molecular formula is C18H21FN4O2. The Morgan fingerprint density at radius 2 is 2.08 bits per heavy atom. The van der Waals surface area contributed by atoms with E-state index in [0.717, 1.165) is 12.1 Å². The first kappa shape index (κ1) is 17.1. The topological polar surface area (TPSA) is 78.1 Å². The molecule has 2 heterocycles. The van der Waals surface area contributed by atoms with Gasteiger partial charge in [0.05, 0.1) is 5.56 Å². The second-order valence-corrected chi connectivity index (χ2v) is 7.18. The summed E-state index contributed by atoms with van der Waals surface area (Å²) < 4.78 is 14.1. The third-order valence-electron chi connectivity index (χ3n) is 4.21. The average Bonchev–Trinajstić information content (AvgIpc) is 3.16. The number of rotatable bonds is 3. The van der Waals surface area contributed by atoms with E-state index in [4.69, 9.17) is 0 Å². The molecule has 0 saturated carbocycles. The molecule has 0 atom stereocenters. The second kappa shape index (κ2) is 6.31. The molecule has 2 N–H and O–H groups in total. The molecule has 6 nitrogen and oxygen atoms in total. The average molecular weight is 344 g/mol. The summed E-state index contributed by atoms with van der Waals surface area (Å²) >= 11 is 0. The fourth-order valence-corrected chi connectivity index (χ4v) is 2.73. The van der Waals surface area contributed by atoms with E-state index in [1.165, 1.54) is 18.2 Å². The quantitative estimate of drug-likeness (QED) is 0.897. The van der Waals surface area contributed by atoms with Crippen molar-refractivity contribution in [3.8, 4) is 0 Å². The van der Waals surface area contributed by atoms with Crippen molar-refractivity contribution in [2.75, 3.05) is 16.8 Å². The first-order valence-corrected chi connectivity index (χ1v) is 8.23. The summed E-state index contributed by atoms with van der Waals surface area (Å²) in [7, 11) is 0. The first-order valence-electron chi connectivity index (χ1n) is 8.23. The molecule has 2 aromatic rings. The number of halogens is 1. The molecular weight excluding hydrogens is 323 g/mol. The van der Waals surface area contributed by atoms with Crippen LogP contribution in [0.3, 0.4) is 0 Å². The maximum atomic E-state index is 14.1. The van der Waals surface area contributed by atoms with E-state index < -0.39 is 11.7 Å². The largest absolute Gasteiger partial charge is 0.312 e. The molecule has 1 aliphatic rings. The van der Waals surface area contributed by atoms with Gasteiger partial charge in [-0.05, 0) is 24.6 Å². The van der Waals surface area contributed by atoms with Crippen LogP contribution in [0.5, 0.6) is 0 Å². The standard InChI is InChI=1S/C18H21FN4O2/c1-18(2,3)14-10-15(22-21-14)20-17(25)12-9-11(6-7-13(12)19)23-8-4-5-16(23)24/h6-7,9-10H,4-5,8H2,1-3H3,(H2,20,21,22,25). The van der Waals surface area contributed by atoms with Crippen molar-refractivity contribution in [1.82, 2.24) is 10.2 Å². The summed E-state index contributed by atoms with van der Waals surface area (Å²) in [6, 6.07) is 5.86. The van der Waals surface area contributed by atoms with E-state index in [0.29, 0.717) is 24.5 Å². The molecule has 25 heavy (non-hydrogen) atoms. The minimum absolute atomic E-state index is 0.0138. The summed E-state index contributed by atoms with van der Waals surface area (Å²) in [5, 5.41) is 9.51. The first-order chi connectivity index (χ1) is 11.8. The number of nitrogens with zero attached hydrogens (tertiary/aromatic N) is 2. The van der Waals surface area contributed by atoms with Gasteiger partial charge in [0.15, 0.2) is 5.82 Å². The number of anilines is 2. The number of aromatic nitrogens is 2. The monoisotopic (exact) mass is 344 g/mol. The van der Waals surface area contributed by atoms with Gasteiger partial charge in [0.2, 0.25) is 5.91 Å². The normalized spacial score (nSPS) is 14.9. The van der Waals surface area contributed by atoms with Crippen molar-refractivity contribution < 1.29 is 14.0 Å². The Bertz CT molecular complexity index is 823. The number of hydrogen-bond donors (Lipinski definition) is 2. The summed E-state index contributed by atoms with van der Waals surface area (Å²) in [5.41, 5.74) is 1.14. The highest BCUT2D eigenvalue weighted by Gasteiger charge is 2.24. The van der Waals surface area contributed by atoms with Gasteiger partial charge in [-0.3, -0.25) is 14.7 Å². The van der Waals surface area contributed by atoms with Crippen LogP contribution in [0, 0.1) is 5.82 Å². The van der Waals surface area contributed by atoms with Crippen LogP contribution in [0.15, 0.2) is 24.3 Å². The molecule has 3 rings (SSSR count). The number of amides is 2. The number of H-pyrrole nitrogens is 1. The van der Waals surface area contributed by atoms with Crippen LogP contribution < -0.4 is 10.2 Å². The Morgan fingerprint density at radius 3 is 2.68 bits per heavy atom. The molecule has 1 saturated heterocycles. The van der Waals surface area contributed by atoms with E-state index in [-0.39, 0.29) is 16.9 Å². The summed E-state index contributed by atoms with van der Waals surface area (Å²) in [4.78, 5) is 25.9. The van der Waals surface area contributed by atoms with Gasteiger partial charge in [-0.15, -0.1) is 0 Å². The third kappa shape index (κ3) is 3.55. The Morgan fingerprint density at radius 1 is 1.32 bits per heavy atom. The lowest BCUT2D eigenvalue weighted by molar-refractivity contribution is -0.117. The van der Waals surface area contributed by atoms with Crippen LogP contribution in [0.25, 0.3) is 0 Å². The maximum absolute atomic E-state index is 14.1. The van der Waals surface area contributed by atoms with Gasteiger partial charge in [0.1, 0.15) is 5.82 Å². The number of aromatic amines is 1. The Balaban J connectivity index is 1.82. The highest BCUT2D eigenvalue weighted by atomic mass is 19.1. The molecule has 0 radical (unpaired) electrons. The molecule has 0 bridgehead atoms. The Labute approximate surface area is 145 Å². The molecule has 132 valence electrons. The highest BCUT2D eigenvalue weighted by molar-refractivity contribution is 6.05. The fourth-order valence-electron chi connectivity index (χ4n) is 2.73. The van der Waals surface area contributed by atoms with Gasteiger partial charge in [-0.25, -0.2) is 4.39 Å². The molecule has 2 amide bonds. The number of carbonyl (C=O) groups excluding carboxylic acids is 2. The van der Waals surface area contributed by atoms with Gasteiger partial charge in [0, 0.05) is 35.8 Å². The van der Waals surface area contributed by atoms with Crippen molar-refractivity contribution in [1.29, 1.82) is 0 Å². The van der Waals surface area contributed by atoms with Crippen LogP contribution in [-0.2, 0) is 10.2 Å². The van der Waals surface area contributed by atoms with Gasteiger partial charge in [0.25, 0.3) is 5.91 Å². The van der Waals surface area contributed by atoms with Crippen LogP contribution in [0.1, 0.15) is 49.7 Å². The summed E-state index contributed by atoms with van der Waals surface area (Å²) in [5.74, 6) is -0.922. The molecule has 1 aliphatic heterocycles. The lowest BCUT2D eigenvalue weighted by Gasteiger charge is -2.16. The van der Waals surface area contributed by atoms with Gasteiger partial charge in [-0.2, -0.15) is 5.10 Å². The van der Waals surface area contributed by atoms with E-state index >= 15 is 0 Å². The van der Waals surface area contributed by atoms with Crippen molar-refractivity contribution >= 4 is 23.3 Å². The Kier molecular flexibility index (Phi) is 4.32. The minimum atomic E-state index is -0.639. The molecule has 1 aromatic carbocycles. The molecule has 0 unspecified atom stereocenters. The molecule has 1 aromatic heterocycles.